The van der Waals surface area contributed by atoms with E-state index in [1.165, 1.54) is 0 Å². The highest BCUT2D eigenvalue weighted by Gasteiger charge is 2.21. The average Bonchev–Trinajstić information content (AvgIpc) is 2.79. The zero-order valence-corrected chi connectivity index (χ0v) is 9.96. The molecule has 1 N–H and O–H groups in total. The van der Waals surface area contributed by atoms with Gasteiger partial charge < -0.3 is 10.0 Å². The van der Waals surface area contributed by atoms with Gasteiger partial charge in [-0.3, -0.25) is 9.48 Å². The first-order chi connectivity index (χ1) is 8.24. The fourth-order valence-corrected chi connectivity index (χ4v) is 2.44. The predicted molar refractivity (Wildman–Crippen MR) is 63.6 cm³/mol. The maximum absolute atomic E-state index is 10.7. The van der Waals surface area contributed by atoms with Crippen LogP contribution in [-0.4, -0.2) is 45.4 Å². The Bertz CT molecular complexity index is 351. The summed E-state index contributed by atoms with van der Waals surface area (Å²) in [5.74, 6) is -0.359. The van der Waals surface area contributed by atoms with Crippen molar-refractivity contribution in [2.45, 2.75) is 25.8 Å². The summed E-state index contributed by atoms with van der Waals surface area (Å²) < 4.78 is 1.92. The highest BCUT2D eigenvalue weighted by Crippen LogP contribution is 2.19. The fourth-order valence-electron chi connectivity index (χ4n) is 2.44. The largest absolute Gasteiger partial charge is 0.481 e. The number of piperidine rings is 1. The second kappa shape index (κ2) is 5.82. The van der Waals surface area contributed by atoms with Crippen LogP contribution >= 0.6 is 0 Å². The molecule has 5 nitrogen and oxygen atoms in total. The maximum atomic E-state index is 10.7. The molecule has 0 aromatic carbocycles. The van der Waals surface area contributed by atoms with Gasteiger partial charge >= 0.3 is 5.97 Å². The minimum Gasteiger partial charge on any atom is -0.481 e. The molecule has 1 aromatic heterocycles. The molecule has 1 aliphatic heterocycles. The van der Waals surface area contributed by atoms with Crippen LogP contribution in [0, 0.1) is 5.92 Å². The lowest BCUT2D eigenvalue weighted by atomic mass is 9.95. The van der Waals surface area contributed by atoms with Crippen LogP contribution in [0.1, 0.15) is 19.3 Å². The first-order valence-electron chi connectivity index (χ1n) is 6.15. The van der Waals surface area contributed by atoms with Crippen molar-refractivity contribution in [3.05, 3.63) is 18.5 Å². The smallest absolute Gasteiger partial charge is 0.303 e. The number of likely N-dealkylation sites (tertiary alicyclic amines) is 1. The zero-order chi connectivity index (χ0) is 12.1. The predicted octanol–water partition coefficient (Wildman–Crippen LogP) is 1.07. The van der Waals surface area contributed by atoms with Crippen molar-refractivity contribution in [3.8, 4) is 0 Å². The molecule has 94 valence electrons. The Balaban J connectivity index is 1.75. The Morgan fingerprint density at radius 1 is 1.47 bits per heavy atom. The zero-order valence-electron chi connectivity index (χ0n) is 9.96. The maximum Gasteiger partial charge on any atom is 0.303 e. The van der Waals surface area contributed by atoms with E-state index in [1.54, 1.807) is 6.20 Å². The SMILES string of the molecule is O=C(O)CC1CCCN(CCn2cccn2)C1. The topological polar surface area (TPSA) is 58.4 Å². The molecule has 5 heteroatoms. The van der Waals surface area contributed by atoms with E-state index in [0.29, 0.717) is 12.3 Å². The molecule has 0 spiro atoms. The quantitative estimate of drug-likeness (QED) is 0.832. The molecule has 17 heavy (non-hydrogen) atoms. The van der Waals surface area contributed by atoms with Gasteiger partial charge in [0.15, 0.2) is 0 Å². The van der Waals surface area contributed by atoms with Crippen LogP contribution in [0.15, 0.2) is 18.5 Å². The van der Waals surface area contributed by atoms with Crippen LogP contribution in [0.2, 0.25) is 0 Å². The molecule has 1 fully saturated rings. The molecule has 0 amide bonds. The molecule has 1 aromatic rings. The molecule has 0 bridgehead atoms. The molecule has 0 saturated carbocycles. The van der Waals surface area contributed by atoms with Gasteiger partial charge in [-0.15, -0.1) is 0 Å². The van der Waals surface area contributed by atoms with Crippen molar-refractivity contribution in [1.29, 1.82) is 0 Å². The van der Waals surface area contributed by atoms with E-state index in [-0.39, 0.29) is 0 Å². The minimum absolute atomic E-state index is 0.304. The van der Waals surface area contributed by atoms with E-state index in [0.717, 1.165) is 39.0 Å². The molecule has 0 aliphatic carbocycles. The highest BCUT2D eigenvalue weighted by atomic mass is 16.4. The van der Waals surface area contributed by atoms with Gasteiger partial charge in [0.2, 0.25) is 0 Å². The first-order valence-corrected chi connectivity index (χ1v) is 6.15. The van der Waals surface area contributed by atoms with Gasteiger partial charge in [-0.1, -0.05) is 0 Å². The molecular formula is C12H19N3O2. The van der Waals surface area contributed by atoms with E-state index in [1.807, 2.05) is 16.9 Å². The molecule has 0 radical (unpaired) electrons. The standard InChI is InChI=1S/C12H19N3O2/c16-12(17)9-11-3-1-5-14(10-11)7-8-15-6-2-4-13-15/h2,4,6,11H,1,3,5,7-10H2,(H,16,17). The summed E-state index contributed by atoms with van der Waals surface area (Å²) in [7, 11) is 0. The number of carbonyl (C=O) groups is 1. The van der Waals surface area contributed by atoms with Crippen LogP contribution in [0.25, 0.3) is 0 Å². The van der Waals surface area contributed by atoms with Gasteiger partial charge in [0.05, 0.1) is 6.54 Å². The van der Waals surface area contributed by atoms with Gasteiger partial charge in [0.25, 0.3) is 0 Å². The van der Waals surface area contributed by atoms with E-state index in [9.17, 15) is 4.79 Å². The number of hydrogen-bond acceptors (Lipinski definition) is 3. The van der Waals surface area contributed by atoms with Crippen molar-refractivity contribution in [1.82, 2.24) is 14.7 Å². The molecule has 1 unspecified atom stereocenters. The van der Waals surface area contributed by atoms with Gasteiger partial charge in [-0.2, -0.15) is 5.10 Å². The Hall–Kier alpha value is -1.36. The lowest BCUT2D eigenvalue weighted by Gasteiger charge is -2.31. The first kappa shape index (κ1) is 12.1. The number of aromatic nitrogens is 2. The molecule has 1 saturated heterocycles. The summed E-state index contributed by atoms with van der Waals surface area (Å²) in [6.07, 6.45) is 6.20. The van der Waals surface area contributed by atoms with E-state index in [4.69, 9.17) is 5.11 Å². The summed E-state index contributed by atoms with van der Waals surface area (Å²) >= 11 is 0. The summed E-state index contributed by atoms with van der Waals surface area (Å²) in [6, 6.07) is 1.92. The van der Waals surface area contributed by atoms with E-state index < -0.39 is 5.97 Å². The van der Waals surface area contributed by atoms with Crippen LogP contribution in [0.3, 0.4) is 0 Å². The Morgan fingerprint density at radius 2 is 2.35 bits per heavy atom. The number of aliphatic carboxylic acids is 1. The average molecular weight is 237 g/mol. The minimum atomic E-state index is -0.677. The molecule has 1 atom stereocenters. The van der Waals surface area contributed by atoms with E-state index in [2.05, 4.69) is 10.00 Å². The van der Waals surface area contributed by atoms with Crippen LogP contribution < -0.4 is 0 Å². The summed E-state index contributed by atoms with van der Waals surface area (Å²) in [5, 5.41) is 13.0. The van der Waals surface area contributed by atoms with Crippen LogP contribution in [0.4, 0.5) is 0 Å². The van der Waals surface area contributed by atoms with Crippen molar-refractivity contribution in [2.75, 3.05) is 19.6 Å². The number of nitrogens with zero attached hydrogens (tertiary/aromatic N) is 3. The number of rotatable bonds is 5. The van der Waals surface area contributed by atoms with Crippen molar-refractivity contribution >= 4 is 5.97 Å². The lowest BCUT2D eigenvalue weighted by molar-refractivity contribution is -0.138. The van der Waals surface area contributed by atoms with Gasteiger partial charge in [-0.05, 0) is 31.4 Å². The second-order valence-corrected chi connectivity index (χ2v) is 4.68. The third kappa shape index (κ3) is 3.85. The number of carboxylic acids is 1. The normalized spacial score (nSPS) is 21.5. The Labute approximate surface area is 101 Å². The molecule has 1 aliphatic rings. The highest BCUT2D eigenvalue weighted by molar-refractivity contribution is 5.67. The number of hydrogen-bond donors (Lipinski definition) is 1. The van der Waals surface area contributed by atoms with Gasteiger partial charge in [0, 0.05) is 31.9 Å². The molecular weight excluding hydrogens is 218 g/mol. The van der Waals surface area contributed by atoms with Crippen LogP contribution in [-0.2, 0) is 11.3 Å². The van der Waals surface area contributed by atoms with E-state index >= 15 is 0 Å². The lowest BCUT2D eigenvalue weighted by Crippen LogP contribution is -2.38. The summed E-state index contributed by atoms with van der Waals surface area (Å²) in [4.78, 5) is 13.0. The van der Waals surface area contributed by atoms with Gasteiger partial charge in [-0.25, -0.2) is 0 Å². The van der Waals surface area contributed by atoms with Crippen molar-refractivity contribution < 1.29 is 9.90 Å². The summed E-state index contributed by atoms with van der Waals surface area (Å²) in [6.45, 7) is 3.83. The monoisotopic (exact) mass is 237 g/mol. The molecule has 2 heterocycles. The van der Waals surface area contributed by atoms with Crippen LogP contribution in [0.5, 0.6) is 0 Å². The van der Waals surface area contributed by atoms with Gasteiger partial charge in [0.1, 0.15) is 0 Å². The Kier molecular flexibility index (Phi) is 4.14. The fraction of sp³-hybridized carbons (Fsp3) is 0.667. The Morgan fingerprint density at radius 3 is 3.06 bits per heavy atom. The third-order valence-electron chi connectivity index (χ3n) is 3.27. The van der Waals surface area contributed by atoms with Crippen molar-refractivity contribution in [2.24, 2.45) is 5.92 Å². The molecule has 2 rings (SSSR count). The third-order valence-corrected chi connectivity index (χ3v) is 3.27. The summed E-state index contributed by atoms with van der Waals surface area (Å²) in [5.41, 5.74) is 0. The second-order valence-electron chi connectivity index (χ2n) is 4.68. The number of carboxylic acid groups (broad SMARTS) is 1. The van der Waals surface area contributed by atoms with Crippen molar-refractivity contribution in [3.63, 3.8) is 0 Å².